The van der Waals surface area contributed by atoms with E-state index in [0.29, 0.717) is 18.8 Å². The number of hydrogen-bond acceptors (Lipinski definition) is 4. The Labute approximate surface area is 182 Å². The van der Waals surface area contributed by atoms with Crippen molar-refractivity contribution in [2.24, 2.45) is 0 Å². The Hall–Kier alpha value is -2.40. The molecule has 30 heavy (non-hydrogen) atoms. The van der Waals surface area contributed by atoms with Gasteiger partial charge in [0.25, 0.3) is 5.91 Å². The van der Waals surface area contributed by atoms with Crippen LogP contribution in [0.15, 0.2) is 41.3 Å². The highest BCUT2D eigenvalue weighted by Gasteiger charge is 2.29. The van der Waals surface area contributed by atoms with E-state index in [1.54, 1.807) is 0 Å². The molecule has 1 saturated heterocycles. The third-order valence-electron chi connectivity index (χ3n) is 5.37. The number of carbonyl (C=O) groups is 1. The molecule has 0 unspecified atom stereocenters. The Balaban J connectivity index is 2.02. The predicted molar refractivity (Wildman–Crippen MR) is 117 cm³/mol. The van der Waals surface area contributed by atoms with Gasteiger partial charge in [-0.05, 0) is 68.1 Å². The van der Waals surface area contributed by atoms with E-state index in [-0.39, 0.29) is 28.4 Å². The lowest BCUT2D eigenvalue weighted by atomic mass is 10.1. The zero-order valence-corrected chi connectivity index (χ0v) is 18.6. The highest BCUT2D eigenvalue weighted by molar-refractivity contribution is 7.89. The second-order valence-electron chi connectivity index (χ2n) is 7.39. The summed E-state index contributed by atoms with van der Waals surface area (Å²) in [5.41, 5.74) is 2.84. The summed E-state index contributed by atoms with van der Waals surface area (Å²) in [6.07, 6.45) is 1.79. The molecule has 1 fully saturated rings. The summed E-state index contributed by atoms with van der Waals surface area (Å²) in [5.74, 6) is -0.433. The molecule has 1 heterocycles. The first kappa shape index (κ1) is 22.3. The average Bonchev–Trinajstić information content (AvgIpc) is 3.26. The fourth-order valence-corrected chi connectivity index (χ4v) is 5.20. The van der Waals surface area contributed by atoms with Gasteiger partial charge >= 0.3 is 0 Å². The summed E-state index contributed by atoms with van der Waals surface area (Å²) in [6.45, 7) is 5.06. The molecular weight excluding hydrogens is 422 g/mol. The lowest BCUT2D eigenvalue weighted by molar-refractivity contribution is 0.0987. The van der Waals surface area contributed by atoms with Gasteiger partial charge in [-0.2, -0.15) is 9.57 Å². The van der Waals surface area contributed by atoms with Crippen LogP contribution in [-0.2, 0) is 10.0 Å². The van der Waals surface area contributed by atoms with Gasteiger partial charge in [-0.25, -0.2) is 8.42 Å². The maximum absolute atomic E-state index is 13.4. The molecule has 8 heteroatoms. The number of rotatable bonds is 6. The molecule has 0 spiro atoms. The molecule has 0 saturated carbocycles. The molecule has 0 aromatic heterocycles. The third kappa shape index (κ3) is 4.51. The first-order chi connectivity index (χ1) is 14.3. The zero-order valence-electron chi connectivity index (χ0n) is 17.1. The van der Waals surface area contributed by atoms with Crippen LogP contribution in [0.1, 0.15) is 40.7 Å². The minimum atomic E-state index is -3.68. The number of aryl methyl sites for hydroxylation is 2. The number of benzene rings is 2. The van der Waals surface area contributed by atoms with Gasteiger partial charge in [0, 0.05) is 25.3 Å². The molecule has 6 nitrogen and oxygen atoms in total. The highest BCUT2D eigenvalue weighted by atomic mass is 35.5. The molecule has 2 aromatic carbocycles. The number of halogens is 1. The van der Waals surface area contributed by atoms with Crippen LogP contribution in [-0.4, -0.2) is 38.3 Å². The molecule has 1 aliphatic heterocycles. The lowest BCUT2D eigenvalue weighted by Gasteiger charge is -2.24. The number of carbonyl (C=O) groups excluding carboxylic acids is 1. The van der Waals surface area contributed by atoms with E-state index in [1.807, 2.05) is 32.0 Å². The van der Waals surface area contributed by atoms with Crippen molar-refractivity contribution < 1.29 is 13.2 Å². The van der Waals surface area contributed by atoms with E-state index in [9.17, 15) is 13.2 Å². The number of amides is 1. The van der Waals surface area contributed by atoms with E-state index in [0.717, 1.165) is 24.0 Å². The molecule has 1 amide bonds. The van der Waals surface area contributed by atoms with Crippen molar-refractivity contribution in [2.45, 2.75) is 38.0 Å². The van der Waals surface area contributed by atoms with Gasteiger partial charge in [0.15, 0.2) is 0 Å². The first-order valence-electron chi connectivity index (χ1n) is 9.81. The molecule has 0 N–H and O–H groups in total. The van der Waals surface area contributed by atoms with Gasteiger partial charge < -0.3 is 4.90 Å². The molecule has 158 valence electrons. The summed E-state index contributed by atoms with van der Waals surface area (Å²) >= 11 is 6.30. The van der Waals surface area contributed by atoms with Crippen LogP contribution in [0.4, 0.5) is 5.69 Å². The second-order valence-corrected chi connectivity index (χ2v) is 9.73. The van der Waals surface area contributed by atoms with E-state index >= 15 is 0 Å². The SMILES string of the molecule is Cc1ccc(N(CCC#N)C(=O)c2cc(S(=O)(=O)N3CCCC3)ccc2Cl)cc1C. The molecule has 3 rings (SSSR count). The predicted octanol–water partition coefficient (Wildman–Crippen LogP) is 4.30. The van der Waals surface area contributed by atoms with E-state index in [1.165, 1.54) is 27.4 Å². The first-order valence-corrected chi connectivity index (χ1v) is 11.6. The number of anilines is 1. The summed E-state index contributed by atoms with van der Waals surface area (Å²) in [7, 11) is -3.68. The Kier molecular flexibility index (Phi) is 6.81. The highest BCUT2D eigenvalue weighted by Crippen LogP contribution is 2.28. The maximum Gasteiger partial charge on any atom is 0.259 e. The van der Waals surface area contributed by atoms with E-state index in [4.69, 9.17) is 16.9 Å². The Morgan fingerprint density at radius 2 is 1.83 bits per heavy atom. The van der Waals surface area contributed by atoms with Gasteiger partial charge in [0.1, 0.15) is 0 Å². The van der Waals surface area contributed by atoms with E-state index in [2.05, 4.69) is 6.07 Å². The van der Waals surface area contributed by atoms with Gasteiger partial charge in [0.2, 0.25) is 10.0 Å². The average molecular weight is 446 g/mol. The fraction of sp³-hybridized carbons (Fsp3) is 0.364. The second kappa shape index (κ2) is 9.17. The molecule has 0 radical (unpaired) electrons. The number of sulfonamides is 1. The Morgan fingerprint density at radius 3 is 2.47 bits per heavy atom. The van der Waals surface area contributed by atoms with Crippen molar-refractivity contribution in [3.05, 3.63) is 58.1 Å². The third-order valence-corrected chi connectivity index (χ3v) is 7.59. The smallest absolute Gasteiger partial charge is 0.259 e. The topological polar surface area (TPSA) is 81.5 Å². The van der Waals surface area contributed by atoms with Gasteiger partial charge in [0.05, 0.1) is 28.0 Å². The van der Waals surface area contributed by atoms with Crippen LogP contribution in [0, 0.1) is 25.2 Å². The lowest BCUT2D eigenvalue weighted by Crippen LogP contribution is -2.33. The van der Waals surface area contributed by atoms with E-state index < -0.39 is 15.9 Å². The van der Waals surface area contributed by atoms with Gasteiger partial charge in [-0.15, -0.1) is 0 Å². The Bertz CT molecular complexity index is 1100. The molecule has 0 aliphatic carbocycles. The van der Waals surface area contributed by atoms with Crippen molar-refractivity contribution >= 4 is 33.2 Å². The molecule has 1 aliphatic rings. The number of nitriles is 1. The normalized spacial score (nSPS) is 14.5. The standard InChI is InChI=1S/C22H24ClN3O3S/c1-16-6-7-18(14-17(16)2)26(13-5-10-24)22(27)20-15-19(8-9-21(20)23)30(28,29)25-11-3-4-12-25/h6-9,14-15H,3-5,11-13H2,1-2H3. The summed E-state index contributed by atoms with van der Waals surface area (Å²) < 4.78 is 27.3. The fourth-order valence-electron chi connectivity index (χ4n) is 3.45. The van der Waals surface area contributed by atoms with Crippen molar-refractivity contribution in [2.75, 3.05) is 24.5 Å². The van der Waals surface area contributed by atoms with Crippen LogP contribution in [0.3, 0.4) is 0 Å². The summed E-state index contributed by atoms with van der Waals surface area (Å²) in [4.78, 5) is 14.9. The largest absolute Gasteiger partial charge is 0.307 e. The van der Waals surface area contributed by atoms with Crippen LogP contribution < -0.4 is 4.90 Å². The Morgan fingerprint density at radius 1 is 1.13 bits per heavy atom. The summed E-state index contributed by atoms with van der Waals surface area (Å²) in [6, 6.07) is 11.9. The van der Waals surface area contributed by atoms with Crippen LogP contribution in [0.25, 0.3) is 0 Å². The molecule has 0 atom stereocenters. The minimum absolute atomic E-state index is 0.0532. The monoisotopic (exact) mass is 445 g/mol. The molecular formula is C22H24ClN3O3S. The quantitative estimate of drug-likeness (QED) is 0.663. The zero-order chi connectivity index (χ0) is 21.9. The van der Waals surface area contributed by atoms with Crippen molar-refractivity contribution in [3.63, 3.8) is 0 Å². The van der Waals surface area contributed by atoms with Crippen molar-refractivity contribution in [3.8, 4) is 6.07 Å². The van der Waals surface area contributed by atoms with Crippen molar-refractivity contribution in [1.82, 2.24) is 4.31 Å². The van der Waals surface area contributed by atoms with Gasteiger partial charge in [-0.1, -0.05) is 17.7 Å². The maximum atomic E-state index is 13.4. The van der Waals surface area contributed by atoms with Gasteiger partial charge in [-0.3, -0.25) is 4.79 Å². The summed E-state index contributed by atoms with van der Waals surface area (Å²) in [5, 5.41) is 9.21. The number of hydrogen-bond donors (Lipinski definition) is 0. The molecule has 0 bridgehead atoms. The minimum Gasteiger partial charge on any atom is -0.307 e. The number of nitrogens with zero attached hydrogens (tertiary/aromatic N) is 3. The van der Waals surface area contributed by atoms with Crippen molar-refractivity contribution in [1.29, 1.82) is 5.26 Å². The van der Waals surface area contributed by atoms with Crippen LogP contribution in [0.5, 0.6) is 0 Å². The molecule has 2 aromatic rings. The van der Waals surface area contributed by atoms with Crippen LogP contribution in [0.2, 0.25) is 5.02 Å². The van der Waals surface area contributed by atoms with Crippen LogP contribution >= 0.6 is 11.6 Å².